The maximum Gasteiger partial charge on any atom is 0.155 e. The molecule has 1 aromatic carbocycles. The van der Waals surface area contributed by atoms with E-state index in [-0.39, 0.29) is 0 Å². The Kier molecular flexibility index (Phi) is 9.54. The van der Waals surface area contributed by atoms with Crippen molar-refractivity contribution in [3.8, 4) is 0 Å². The molecule has 1 rings (SSSR count). The first-order valence-corrected chi connectivity index (χ1v) is 12.1. The molecule has 0 radical (unpaired) electrons. The van der Waals surface area contributed by atoms with Gasteiger partial charge >= 0.3 is 0 Å². The smallest absolute Gasteiger partial charge is 0.155 e. The van der Waals surface area contributed by atoms with Crippen molar-refractivity contribution in [2.45, 2.75) is 84.4 Å². The van der Waals surface area contributed by atoms with Crippen LogP contribution in [0.5, 0.6) is 0 Å². The van der Waals surface area contributed by atoms with Crippen molar-refractivity contribution in [1.29, 1.82) is 0 Å². The van der Waals surface area contributed by atoms with Crippen LogP contribution in [0.4, 0.5) is 5.69 Å². The molecule has 22 heavy (non-hydrogen) atoms. The number of rotatable bonds is 12. The molecule has 2 heteroatoms. The molecule has 0 amide bonds. The van der Waals surface area contributed by atoms with E-state index in [4.69, 9.17) is 0 Å². The van der Waals surface area contributed by atoms with Crippen molar-refractivity contribution in [3.63, 3.8) is 0 Å². The predicted molar refractivity (Wildman–Crippen MR) is 104 cm³/mol. The van der Waals surface area contributed by atoms with Crippen LogP contribution in [0.1, 0.15) is 66.2 Å². The number of nitrogens with zero attached hydrogens (tertiary/aromatic N) is 1. The molecule has 0 unspecified atom stereocenters. The third kappa shape index (κ3) is 5.46. The third-order valence-corrected chi connectivity index (χ3v) is 10.9. The van der Waals surface area contributed by atoms with Gasteiger partial charge < -0.3 is 4.57 Å². The Morgan fingerprint density at radius 2 is 1.27 bits per heavy atom. The SMILES string of the molecule is CCCCCCCCN(c1ccccc1)[Si](CC)(CC)CC. The highest BCUT2D eigenvalue weighted by Gasteiger charge is 2.34. The number of unbranched alkanes of at least 4 members (excludes halogenated alkanes) is 5. The van der Waals surface area contributed by atoms with Gasteiger partial charge in [-0.25, -0.2) is 0 Å². The Morgan fingerprint density at radius 3 is 1.82 bits per heavy atom. The topological polar surface area (TPSA) is 3.24 Å². The average molecular weight is 320 g/mol. The predicted octanol–water partition coefficient (Wildman–Crippen LogP) is 6.86. The molecular weight excluding hydrogens is 282 g/mol. The molecule has 0 aliphatic heterocycles. The standard InChI is InChI=1S/C20H37NSi/c1-5-9-10-11-12-16-19-21(20-17-14-13-15-18-20)22(6-2,7-3)8-4/h13-15,17-18H,5-12,16,19H2,1-4H3. The molecule has 0 saturated heterocycles. The normalized spacial score (nSPS) is 11.6. The minimum absolute atomic E-state index is 1.26. The molecule has 0 atom stereocenters. The van der Waals surface area contributed by atoms with Crippen LogP contribution >= 0.6 is 0 Å². The molecule has 0 spiro atoms. The van der Waals surface area contributed by atoms with E-state index < -0.39 is 8.24 Å². The van der Waals surface area contributed by atoms with E-state index in [9.17, 15) is 0 Å². The summed E-state index contributed by atoms with van der Waals surface area (Å²) >= 11 is 0. The van der Waals surface area contributed by atoms with E-state index in [1.807, 2.05) is 0 Å². The molecule has 0 bridgehead atoms. The van der Waals surface area contributed by atoms with E-state index in [0.29, 0.717) is 0 Å². The van der Waals surface area contributed by atoms with Gasteiger partial charge in [-0.05, 0) is 36.7 Å². The van der Waals surface area contributed by atoms with Crippen molar-refractivity contribution < 1.29 is 0 Å². The summed E-state index contributed by atoms with van der Waals surface area (Å²) in [6.07, 6.45) is 8.32. The Bertz CT molecular complexity index is 364. The van der Waals surface area contributed by atoms with Crippen LogP contribution in [-0.4, -0.2) is 14.8 Å². The van der Waals surface area contributed by atoms with E-state index in [2.05, 4.69) is 62.6 Å². The Labute approximate surface area is 140 Å². The molecule has 0 aromatic heterocycles. The van der Waals surface area contributed by atoms with Gasteiger partial charge in [0, 0.05) is 12.2 Å². The second-order valence-corrected chi connectivity index (χ2v) is 11.6. The fourth-order valence-electron chi connectivity index (χ4n) is 3.62. The summed E-state index contributed by atoms with van der Waals surface area (Å²) in [7, 11) is -1.33. The molecule has 0 saturated carbocycles. The molecule has 1 aromatic rings. The minimum Gasteiger partial charge on any atom is -0.397 e. The van der Waals surface area contributed by atoms with Crippen LogP contribution in [0.3, 0.4) is 0 Å². The van der Waals surface area contributed by atoms with Gasteiger partial charge in [-0.1, -0.05) is 78.0 Å². The van der Waals surface area contributed by atoms with Gasteiger partial charge in [-0.3, -0.25) is 0 Å². The highest BCUT2D eigenvalue weighted by molar-refractivity contribution is 6.83. The van der Waals surface area contributed by atoms with Crippen LogP contribution in [0.25, 0.3) is 0 Å². The first-order valence-electron chi connectivity index (χ1n) is 9.56. The van der Waals surface area contributed by atoms with Gasteiger partial charge in [-0.15, -0.1) is 0 Å². The van der Waals surface area contributed by atoms with Gasteiger partial charge in [0.15, 0.2) is 8.24 Å². The highest BCUT2D eigenvalue weighted by atomic mass is 28.3. The minimum atomic E-state index is -1.33. The summed E-state index contributed by atoms with van der Waals surface area (Å²) in [6.45, 7) is 10.8. The van der Waals surface area contributed by atoms with Gasteiger partial charge in [0.25, 0.3) is 0 Å². The molecule has 0 fully saturated rings. The first kappa shape index (κ1) is 19.3. The highest BCUT2D eigenvalue weighted by Crippen LogP contribution is 2.30. The summed E-state index contributed by atoms with van der Waals surface area (Å²) in [6, 6.07) is 15.3. The van der Waals surface area contributed by atoms with E-state index in [0.717, 1.165) is 0 Å². The van der Waals surface area contributed by atoms with Crippen molar-refractivity contribution in [1.82, 2.24) is 0 Å². The fraction of sp³-hybridized carbons (Fsp3) is 0.700. The molecule has 0 N–H and O–H groups in total. The second-order valence-electron chi connectivity index (χ2n) is 6.54. The summed E-state index contributed by atoms with van der Waals surface area (Å²) < 4.78 is 2.84. The molecule has 1 nitrogen and oxygen atoms in total. The Balaban J connectivity index is 2.71. The van der Waals surface area contributed by atoms with Gasteiger partial charge in [0.05, 0.1) is 0 Å². The largest absolute Gasteiger partial charge is 0.397 e. The lowest BCUT2D eigenvalue weighted by molar-refractivity contribution is 0.610. The molecule has 0 aliphatic carbocycles. The van der Waals surface area contributed by atoms with Crippen LogP contribution in [0.2, 0.25) is 18.1 Å². The zero-order valence-corrected chi connectivity index (χ0v) is 16.4. The second kappa shape index (κ2) is 10.9. The zero-order chi connectivity index (χ0) is 16.3. The number of hydrogen-bond acceptors (Lipinski definition) is 1. The quantitative estimate of drug-likeness (QED) is 0.300. The Hall–Kier alpha value is -0.763. The van der Waals surface area contributed by atoms with Crippen molar-refractivity contribution in [2.24, 2.45) is 0 Å². The van der Waals surface area contributed by atoms with Crippen molar-refractivity contribution in [3.05, 3.63) is 30.3 Å². The zero-order valence-electron chi connectivity index (χ0n) is 15.4. The van der Waals surface area contributed by atoms with Gasteiger partial charge in [-0.2, -0.15) is 0 Å². The Morgan fingerprint density at radius 1 is 0.727 bits per heavy atom. The van der Waals surface area contributed by atoms with Crippen molar-refractivity contribution >= 4 is 13.9 Å². The van der Waals surface area contributed by atoms with E-state index >= 15 is 0 Å². The lowest BCUT2D eigenvalue weighted by Gasteiger charge is -2.43. The van der Waals surface area contributed by atoms with Crippen LogP contribution in [0.15, 0.2) is 30.3 Å². The van der Waals surface area contributed by atoms with E-state index in [1.165, 1.54) is 68.9 Å². The number of benzene rings is 1. The first-order chi connectivity index (χ1) is 10.7. The summed E-state index contributed by atoms with van der Waals surface area (Å²) in [4.78, 5) is 0. The third-order valence-electron chi connectivity index (χ3n) is 5.35. The average Bonchev–Trinajstić information content (AvgIpc) is 2.58. The summed E-state index contributed by atoms with van der Waals surface area (Å²) in [5, 5.41) is 0. The maximum atomic E-state index is 2.84. The van der Waals surface area contributed by atoms with E-state index in [1.54, 1.807) is 0 Å². The molecule has 0 aliphatic rings. The summed E-state index contributed by atoms with van der Waals surface area (Å²) in [5.74, 6) is 0. The maximum absolute atomic E-state index is 2.84. The molecular formula is C20H37NSi. The van der Waals surface area contributed by atoms with Crippen LogP contribution in [-0.2, 0) is 0 Å². The monoisotopic (exact) mass is 319 g/mol. The number of para-hydroxylation sites is 1. The molecule has 126 valence electrons. The number of anilines is 1. The van der Waals surface area contributed by atoms with Gasteiger partial charge in [0.1, 0.15) is 0 Å². The molecule has 0 heterocycles. The lowest BCUT2D eigenvalue weighted by atomic mass is 10.1. The van der Waals surface area contributed by atoms with Crippen molar-refractivity contribution in [2.75, 3.05) is 11.1 Å². The fourth-order valence-corrected chi connectivity index (χ4v) is 7.60. The van der Waals surface area contributed by atoms with Crippen LogP contribution in [0, 0.1) is 0 Å². The van der Waals surface area contributed by atoms with Crippen LogP contribution < -0.4 is 4.57 Å². The number of hydrogen-bond donors (Lipinski definition) is 0. The summed E-state index contributed by atoms with van der Waals surface area (Å²) in [5.41, 5.74) is 1.47. The lowest BCUT2D eigenvalue weighted by Crippen LogP contribution is -2.53. The van der Waals surface area contributed by atoms with Gasteiger partial charge in [0.2, 0.25) is 0 Å².